The monoisotopic (exact) mass is 267 g/mol. The van der Waals surface area contributed by atoms with Gasteiger partial charge < -0.3 is 4.74 Å². The maximum Gasteiger partial charge on any atom is 0.132 e. The van der Waals surface area contributed by atoms with Gasteiger partial charge in [0, 0.05) is 16.5 Å². The van der Waals surface area contributed by atoms with Crippen molar-refractivity contribution < 1.29 is 4.74 Å². The van der Waals surface area contributed by atoms with Crippen molar-refractivity contribution in [1.29, 1.82) is 0 Å². The molecule has 3 aromatic rings. The van der Waals surface area contributed by atoms with E-state index in [4.69, 9.17) is 4.74 Å². The van der Waals surface area contributed by atoms with E-state index in [9.17, 15) is 0 Å². The molecule has 0 aliphatic heterocycles. The summed E-state index contributed by atoms with van der Waals surface area (Å²) in [5, 5.41) is 1.15. The molecule has 0 aliphatic rings. The van der Waals surface area contributed by atoms with Gasteiger partial charge in [-0.05, 0) is 24.3 Å². The van der Waals surface area contributed by atoms with Crippen molar-refractivity contribution in [2.45, 2.75) is 9.79 Å². The van der Waals surface area contributed by atoms with Crippen LogP contribution in [-0.2, 0) is 0 Å². The van der Waals surface area contributed by atoms with E-state index in [1.165, 1.54) is 0 Å². The van der Waals surface area contributed by atoms with Crippen LogP contribution < -0.4 is 4.74 Å². The van der Waals surface area contributed by atoms with Gasteiger partial charge in [-0.3, -0.25) is 4.98 Å². The van der Waals surface area contributed by atoms with E-state index in [1.807, 2.05) is 42.6 Å². The van der Waals surface area contributed by atoms with E-state index >= 15 is 0 Å². The summed E-state index contributed by atoms with van der Waals surface area (Å²) in [6.45, 7) is 0. The minimum Gasteiger partial charge on any atom is -0.496 e. The summed E-state index contributed by atoms with van der Waals surface area (Å²) < 4.78 is 5.36. The first-order valence-corrected chi connectivity index (χ1v) is 6.84. The molecular formula is C16H13NOS. The van der Waals surface area contributed by atoms with E-state index < -0.39 is 0 Å². The van der Waals surface area contributed by atoms with E-state index in [2.05, 4.69) is 23.2 Å². The zero-order valence-electron chi connectivity index (χ0n) is 10.5. The number of methoxy groups -OCH3 is 1. The van der Waals surface area contributed by atoms with Gasteiger partial charge in [0.1, 0.15) is 5.75 Å². The summed E-state index contributed by atoms with van der Waals surface area (Å²) >= 11 is 1.67. The maximum absolute atomic E-state index is 5.36. The molecule has 3 heteroatoms. The van der Waals surface area contributed by atoms with Crippen LogP contribution in [0.3, 0.4) is 0 Å². The van der Waals surface area contributed by atoms with Gasteiger partial charge in [-0.25, -0.2) is 0 Å². The van der Waals surface area contributed by atoms with Crippen molar-refractivity contribution in [1.82, 2.24) is 4.98 Å². The molecule has 0 N–H and O–H groups in total. The second kappa shape index (κ2) is 5.33. The zero-order valence-corrected chi connectivity index (χ0v) is 11.4. The van der Waals surface area contributed by atoms with Crippen molar-refractivity contribution in [3.05, 3.63) is 60.8 Å². The molecule has 0 saturated carbocycles. The summed E-state index contributed by atoms with van der Waals surface area (Å²) in [6.07, 6.45) is 1.90. The Bertz CT molecular complexity index is 712. The van der Waals surface area contributed by atoms with Gasteiger partial charge in [-0.15, -0.1) is 0 Å². The zero-order chi connectivity index (χ0) is 13.1. The third-order valence-corrected chi connectivity index (χ3v) is 3.88. The molecule has 0 atom stereocenters. The molecule has 2 aromatic carbocycles. The number of aromatic nitrogens is 1. The first-order valence-electron chi connectivity index (χ1n) is 6.02. The Hall–Kier alpha value is -2.00. The number of pyridine rings is 1. The Balaban J connectivity index is 1.96. The molecule has 2 nitrogen and oxygen atoms in total. The van der Waals surface area contributed by atoms with E-state index in [0.717, 1.165) is 26.4 Å². The molecule has 0 spiro atoms. The molecule has 0 bridgehead atoms. The van der Waals surface area contributed by atoms with Crippen LogP contribution in [-0.4, -0.2) is 12.1 Å². The van der Waals surface area contributed by atoms with Gasteiger partial charge in [0.2, 0.25) is 0 Å². The number of hydrogen-bond donors (Lipinski definition) is 0. The highest BCUT2D eigenvalue weighted by Crippen LogP contribution is 2.35. The fourth-order valence-corrected chi connectivity index (χ4v) is 2.88. The lowest BCUT2D eigenvalue weighted by atomic mass is 10.2. The van der Waals surface area contributed by atoms with Crippen LogP contribution in [0.25, 0.3) is 10.9 Å². The molecule has 94 valence electrons. The van der Waals surface area contributed by atoms with Gasteiger partial charge in [-0.1, -0.05) is 42.1 Å². The van der Waals surface area contributed by atoms with Crippen molar-refractivity contribution in [2.24, 2.45) is 0 Å². The highest BCUT2D eigenvalue weighted by molar-refractivity contribution is 7.99. The summed E-state index contributed by atoms with van der Waals surface area (Å²) in [4.78, 5) is 6.68. The number of benzene rings is 2. The van der Waals surface area contributed by atoms with Crippen LogP contribution in [0.4, 0.5) is 0 Å². The normalized spacial score (nSPS) is 10.6. The topological polar surface area (TPSA) is 22.1 Å². The minimum atomic E-state index is 0.889. The standard InChI is InChI=1S/C16H13NOS/c1-18-15-8-4-5-9-16(15)19-13-10-12-6-2-3-7-14(12)17-11-13/h2-11H,1H3. The molecule has 0 saturated heterocycles. The highest BCUT2D eigenvalue weighted by atomic mass is 32.2. The molecule has 3 rings (SSSR count). The molecule has 1 aromatic heterocycles. The van der Waals surface area contributed by atoms with Crippen molar-refractivity contribution in [3.8, 4) is 5.75 Å². The number of rotatable bonds is 3. The van der Waals surface area contributed by atoms with Crippen LogP contribution >= 0.6 is 11.8 Å². The molecule has 0 amide bonds. The molecular weight excluding hydrogens is 254 g/mol. The lowest BCUT2D eigenvalue weighted by molar-refractivity contribution is 0.405. The Morgan fingerprint density at radius 2 is 1.79 bits per heavy atom. The Morgan fingerprint density at radius 3 is 2.68 bits per heavy atom. The summed E-state index contributed by atoms with van der Waals surface area (Å²) in [5.41, 5.74) is 1.02. The quantitative estimate of drug-likeness (QED) is 0.702. The van der Waals surface area contributed by atoms with Crippen LogP contribution in [0.1, 0.15) is 0 Å². The number of fused-ring (bicyclic) bond motifs is 1. The van der Waals surface area contributed by atoms with Gasteiger partial charge in [0.15, 0.2) is 0 Å². The van der Waals surface area contributed by atoms with Gasteiger partial charge in [0.25, 0.3) is 0 Å². The molecule has 0 radical (unpaired) electrons. The second-order valence-electron chi connectivity index (χ2n) is 4.12. The van der Waals surface area contributed by atoms with Crippen LogP contribution in [0.2, 0.25) is 0 Å². The largest absolute Gasteiger partial charge is 0.496 e. The summed E-state index contributed by atoms with van der Waals surface area (Å²) in [6, 6.07) is 18.3. The van der Waals surface area contributed by atoms with Gasteiger partial charge in [-0.2, -0.15) is 0 Å². The average molecular weight is 267 g/mol. The smallest absolute Gasteiger partial charge is 0.132 e. The maximum atomic E-state index is 5.36. The van der Waals surface area contributed by atoms with E-state index in [1.54, 1.807) is 18.9 Å². The highest BCUT2D eigenvalue weighted by Gasteiger charge is 2.05. The van der Waals surface area contributed by atoms with E-state index in [-0.39, 0.29) is 0 Å². The van der Waals surface area contributed by atoms with Crippen LogP contribution in [0, 0.1) is 0 Å². The fraction of sp³-hybridized carbons (Fsp3) is 0.0625. The van der Waals surface area contributed by atoms with Crippen molar-refractivity contribution in [3.63, 3.8) is 0 Å². The Labute approximate surface area is 116 Å². The predicted molar refractivity (Wildman–Crippen MR) is 78.9 cm³/mol. The van der Waals surface area contributed by atoms with Gasteiger partial charge in [0.05, 0.1) is 17.5 Å². The lowest BCUT2D eigenvalue weighted by Gasteiger charge is -2.07. The molecule has 19 heavy (non-hydrogen) atoms. The summed E-state index contributed by atoms with van der Waals surface area (Å²) in [7, 11) is 1.69. The van der Waals surface area contributed by atoms with Crippen LogP contribution in [0.15, 0.2) is 70.6 Å². The molecule has 1 heterocycles. The first-order chi connectivity index (χ1) is 9.36. The SMILES string of the molecule is COc1ccccc1Sc1cnc2ccccc2c1. The fourth-order valence-electron chi connectivity index (χ4n) is 1.94. The third-order valence-electron chi connectivity index (χ3n) is 2.86. The molecule has 0 aliphatic carbocycles. The summed E-state index contributed by atoms with van der Waals surface area (Å²) in [5.74, 6) is 0.889. The number of ether oxygens (including phenoxy) is 1. The third kappa shape index (κ3) is 2.56. The predicted octanol–water partition coefficient (Wildman–Crippen LogP) is 4.39. The number of hydrogen-bond acceptors (Lipinski definition) is 3. The van der Waals surface area contributed by atoms with Crippen molar-refractivity contribution >= 4 is 22.7 Å². The Kier molecular flexibility index (Phi) is 3.38. The Morgan fingerprint density at radius 1 is 1.00 bits per heavy atom. The second-order valence-corrected chi connectivity index (χ2v) is 5.23. The number of para-hydroxylation sites is 2. The average Bonchev–Trinajstić information content (AvgIpc) is 2.48. The van der Waals surface area contributed by atoms with E-state index in [0.29, 0.717) is 0 Å². The lowest BCUT2D eigenvalue weighted by Crippen LogP contribution is -1.86. The first kappa shape index (κ1) is 12.1. The molecule has 0 unspecified atom stereocenters. The number of nitrogens with zero attached hydrogens (tertiary/aromatic N) is 1. The van der Waals surface area contributed by atoms with Gasteiger partial charge >= 0.3 is 0 Å². The van der Waals surface area contributed by atoms with Crippen LogP contribution in [0.5, 0.6) is 5.75 Å². The van der Waals surface area contributed by atoms with Crippen molar-refractivity contribution in [2.75, 3.05) is 7.11 Å². The molecule has 0 fully saturated rings. The minimum absolute atomic E-state index is 0.889.